The fraction of sp³-hybridized carbons (Fsp3) is 0.154. The van der Waals surface area contributed by atoms with Crippen LogP contribution in [-0.4, -0.2) is 11.4 Å². The summed E-state index contributed by atoms with van der Waals surface area (Å²) in [4.78, 5) is 10.7. The lowest BCUT2D eigenvalue weighted by atomic mass is 9.98. The number of aldehydes is 1. The highest BCUT2D eigenvalue weighted by Gasteiger charge is 2.05. The Morgan fingerprint density at radius 1 is 1.27 bits per heavy atom. The van der Waals surface area contributed by atoms with Gasteiger partial charge in [-0.05, 0) is 36.1 Å². The van der Waals surface area contributed by atoms with Gasteiger partial charge in [0.15, 0.2) is 6.29 Å². The van der Waals surface area contributed by atoms with Crippen molar-refractivity contribution in [2.24, 2.45) is 0 Å². The molecule has 0 aliphatic heterocycles. The van der Waals surface area contributed by atoms with Crippen molar-refractivity contribution in [2.75, 3.05) is 0 Å². The van der Waals surface area contributed by atoms with Crippen LogP contribution in [0.25, 0.3) is 5.57 Å². The van der Waals surface area contributed by atoms with E-state index in [9.17, 15) is 9.90 Å². The van der Waals surface area contributed by atoms with Crippen molar-refractivity contribution in [1.82, 2.24) is 0 Å². The normalized spacial score (nSPS) is 14.8. The number of allylic oxidation sites excluding steroid dienone is 4. The molecule has 1 aliphatic carbocycles. The maximum atomic E-state index is 10.7. The number of carbonyl (C=O) groups excluding carboxylic acids is 1. The van der Waals surface area contributed by atoms with Crippen LogP contribution in [0.5, 0.6) is 5.75 Å². The summed E-state index contributed by atoms with van der Waals surface area (Å²) in [6, 6.07) is 5.09. The average Bonchev–Trinajstić information content (AvgIpc) is 2.31. The van der Waals surface area contributed by atoms with E-state index >= 15 is 0 Å². The van der Waals surface area contributed by atoms with Gasteiger partial charge in [-0.15, -0.1) is 0 Å². The summed E-state index contributed by atoms with van der Waals surface area (Å²) in [7, 11) is 0. The van der Waals surface area contributed by atoms with Crippen LogP contribution in [0, 0.1) is 0 Å². The first-order valence-electron chi connectivity index (χ1n) is 4.96. The number of aromatic hydroxyl groups is 1. The second kappa shape index (κ2) is 4.13. The Balaban J connectivity index is 2.41. The zero-order valence-corrected chi connectivity index (χ0v) is 8.31. The van der Waals surface area contributed by atoms with E-state index in [4.69, 9.17) is 0 Å². The minimum atomic E-state index is 0.0362. The first-order valence-corrected chi connectivity index (χ1v) is 4.96. The molecule has 1 N–H and O–H groups in total. The molecular weight excluding hydrogens is 188 g/mol. The standard InChI is InChI=1S/C13H12O2/c14-9-12-8-11(6-7-13(12)15)10-4-2-1-3-5-10/h2,4-9,15H,1,3H2. The quantitative estimate of drug-likeness (QED) is 0.745. The SMILES string of the molecule is O=Cc1cc(C2=CCCC=C2)ccc1O. The van der Waals surface area contributed by atoms with E-state index in [1.165, 1.54) is 0 Å². The van der Waals surface area contributed by atoms with Gasteiger partial charge in [0.25, 0.3) is 0 Å². The summed E-state index contributed by atoms with van der Waals surface area (Å²) in [6.07, 6.45) is 9.07. The molecule has 1 aromatic rings. The third kappa shape index (κ3) is 1.99. The van der Waals surface area contributed by atoms with E-state index in [-0.39, 0.29) is 5.75 Å². The highest BCUT2D eigenvalue weighted by Crippen LogP contribution is 2.25. The van der Waals surface area contributed by atoms with Crippen LogP contribution in [0.2, 0.25) is 0 Å². The fourth-order valence-corrected chi connectivity index (χ4v) is 1.66. The minimum Gasteiger partial charge on any atom is -0.507 e. The van der Waals surface area contributed by atoms with Crippen LogP contribution >= 0.6 is 0 Å². The van der Waals surface area contributed by atoms with Crippen molar-refractivity contribution in [1.29, 1.82) is 0 Å². The van der Waals surface area contributed by atoms with Gasteiger partial charge in [0.2, 0.25) is 0 Å². The largest absolute Gasteiger partial charge is 0.507 e. The summed E-state index contributed by atoms with van der Waals surface area (Å²) in [5.74, 6) is 0.0362. The van der Waals surface area contributed by atoms with Gasteiger partial charge in [-0.25, -0.2) is 0 Å². The molecule has 0 heterocycles. The van der Waals surface area contributed by atoms with Gasteiger partial charge in [-0.1, -0.05) is 24.3 Å². The third-order valence-corrected chi connectivity index (χ3v) is 2.48. The summed E-state index contributed by atoms with van der Waals surface area (Å²) in [5.41, 5.74) is 2.43. The Morgan fingerprint density at radius 3 is 2.80 bits per heavy atom. The summed E-state index contributed by atoms with van der Waals surface area (Å²) in [6.45, 7) is 0. The van der Waals surface area contributed by atoms with Gasteiger partial charge >= 0.3 is 0 Å². The minimum absolute atomic E-state index is 0.0362. The summed E-state index contributed by atoms with van der Waals surface area (Å²) in [5, 5.41) is 9.36. The van der Waals surface area contributed by atoms with Gasteiger partial charge < -0.3 is 5.11 Å². The lowest BCUT2D eigenvalue weighted by molar-refractivity contribution is 0.112. The molecule has 1 aliphatic rings. The van der Waals surface area contributed by atoms with E-state index in [0.29, 0.717) is 11.8 Å². The molecule has 0 unspecified atom stereocenters. The van der Waals surface area contributed by atoms with Gasteiger partial charge in [0, 0.05) is 0 Å². The van der Waals surface area contributed by atoms with E-state index in [0.717, 1.165) is 24.0 Å². The molecule has 0 saturated heterocycles. The van der Waals surface area contributed by atoms with E-state index in [1.807, 2.05) is 12.1 Å². The predicted octanol–water partition coefficient (Wildman–Crippen LogP) is 2.94. The molecule has 0 bridgehead atoms. The number of phenols is 1. The molecule has 2 rings (SSSR count). The van der Waals surface area contributed by atoms with Crippen LogP contribution in [0.15, 0.2) is 36.4 Å². The van der Waals surface area contributed by atoms with Crippen LogP contribution in [0.3, 0.4) is 0 Å². The van der Waals surface area contributed by atoms with Gasteiger partial charge in [-0.3, -0.25) is 4.79 Å². The van der Waals surface area contributed by atoms with Crippen molar-refractivity contribution >= 4 is 11.9 Å². The van der Waals surface area contributed by atoms with Gasteiger partial charge in [0.1, 0.15) is 5.75 Å². The first kappa shape index (κ1) is 9.71. The molecule has 0 fully saturated rings. The first-order chi connectivity index (χ1) is 7.31. The zero-order valence-electron chi connectivity index (χ0n) is 8.31. The molecule has 0 atom stereocenters. The predicted molar refractivity (Wildman–Crippen MR) is 59.8 cm³/mol. The Labute approximate surface area is 88.6 Å². The summed E-state index contributed by atoms with van der Waals surface area (Å²) >= 11 is 0. The number of benzene rings is 1. The van der Waals surface area contributed by atoms with Crippen LogP contribution in [0.4, 0.5) is 0 Å². The second-order valence-electron chi connectivity index (χ2n) is 3.53. The summed E-state index contributed by atoms with van der Waals surface area (Å²) < 4.78 is 0. The lowest BCUT2D eigenvalue weighted by Crippen LogP contribution is -1.89. The number of rotatable bonds is 2. The van der Waals surface area contributed by atoms with Crippen LogP contribution in [0.1, 0.15) is 28.8 Å². The molecule has 76 valence electrons. The molecule has 0 saturated carbocycles. The van der Waals surface area contributed by atoms with Crippen molar-refractivity contribution in [3.63, 3.8) is 0 Å². The molecule has 0 radical (unpaired) electrons. The van der Waals surface area contributed by atoms with Crippen molar-refractivity contribution in [2.45, 2.75) is 12.8 Å². The highest BCUT2D eigenvalue weighted by molar-refractivity contribution is 5.84. The van der Waals surface area contributed by atoms with Crippen LogP contribution in [-0.2, 0) is 0 Å². The van der Waals surface area contributed by atoms with E-state index in [2.05, 4.69) is 12.2 Å². The molecule has 2 heteroatoms. The fourth-order valence-electron chi connectivity index (χ4n) is 1.66. The smallest absolute Gasteiger partial charge is 0.153 e. The second-order valence-corrected chi connectivity index (χ2v) is 3.53. The van der Waals surface area contributed by atoms with Crippen molar-refractivity contribution in [3.05, 3.63) is 47.6 Å². The molecular formula is C13H12O2. The molecule has 0 spiro atoms. The number of hydrogen-bond acceptors (Lipinski definition) is 2. The molecule has 2 nitrogen and oxygen atoms in total. The topological polar surface area (TPSA) is 37.3 Å². The van der Waals surface area contributed by atoms with Gasteiger partial charge in [-0.2, -0.15) is 0 Å². The van der Waals surface area contributed by atoms with Crippen molar-refractivity contribution < 1.29 is 9.90 Å². The number of hydrogen-bond donors (Lipinski definition) is 1. The Hall–Kier alpha value is -1.83. The Bertz CT molecular complexity index is 442. The number of phenolic OH excluding ortho intramolecular Hbond substituents is 1. The van der Waals surface area contributed by atoms with Crippen molar-refractivity contribution in [3.8, 4) is 5.75 Å². The lowest BCUT2D eigenvalue weighted by Gasteiger charge is -2.08. The molecule has 15 heavy (non-hydrogen) atoms. The maximum absolute atomic E-state index is 10.7. The molecule has 0 aromatic heterocycles. The molecule has 0 amide bonds. The third-order valence-electron chi connectivity index (χ3n) is 2.48. The van der Waals surface area contributed by atoms with Gasteiger partial charge in [0.05, 0.1) is 5.56 Å². The Kier molecular flexibility index (Phi) is 2.68. The monoisotopic (exact) mass is 200 g/mol. The van der Waals surface area contributed by atoms with E-state index < -0.39 is 0 Å². The highest BCUT2D eigenvalue weighted by atomic mass is 16.3. The zero-order chi connectivity index (χ0) is 10.7. The van der Waals surface area contributed by atoms with Crippen LogP contribution < -0.4 is 0 Å². The maximum Gasteiger partial charge on any atom is 0.153 e. The number of carbonyl (C=O) groups is 1. The van der Waals surface area contributed by atoms with E-state index in [1.54, 1.807) is 12.1 Å². The Morgan fingerprint density at radius 2 is 2.13 bits per heavy atom. The average molecular weight is 200 g/mol. The molecule has 1 aromatic carbocycles.